The van der Waals surface area contributed by atoms with Gasteiger partial charge >= 0.3 is 0 Å². The fraction of sp³-hybridized carbons (Fsp3) is 0.286. The van der Waals surface area contributed by atoms with Crippen LogP contribution in [0, 0.1) is 20.8 Å². The van der Waals surface area contributed by atoms with Crippen LogP contribution in [0.2, 0.25) is 0 Å². The Kier molecular flexibility index (Phi) is 3.19. The zero-order valence-electron chi connectivity index (χ0n) is 11.1. The van der Waals surface area contributed by atoms with Gasteiger partial charge in [-0.05, 0) is 31.9 Å². The van der Waals surface area contributed by atoms with Gasteiger partial charge in [0.2, 0.25) is 0 Å². The maximum atomic E-state index is 12.2. The molecule has 0 aliphatic carbocycles. The van der Waals surface area contributed by atoms with Crippen LogP contribution in [-0.2, 0) is 7.05 Å². The summed E-state index contributed by atoms with van der Waals surface area (Å²) in [5, 5.41) is 7.13. The van der Waals surface area contributed by atoms with Crippen molar-refractivity contribution in [3.8, 4) is 0 Å². The van der Waals surface area contributed by atoms with E-state index in [1.807, 2.05) is 46.0 Å². The van der Waals surface area contributed by atoms with Gasteiger partial charge in [-0.2, -0.15) is 5.10 Å². The van der Waals surface area contributed by atoms with Gasteiger partial charge in [0.25, 0.3) is 5.91 Å². The Morgan fingerprint density at radius 3 is 2.33 bits per heavy atom. The highest BCUT2D eigenvalue weighted by Crippen LogP contribution is 2.20. The SMILES string of the molecule is Cc1cccc(C)c1NC(=O)c1cn(C)nc1C. The lowest BCUT2D eigenvalue weighted by Crippen LogP contribution is -2.14. The largest absolute Gasteiger partial charge is 0.321 e. The summed E-state index contributed by atoms with van der Waals surface area (Å²) < 4.78 is 1.65. The molecule has 2 aromatic rings. The van der Waals surface area contributed by atoms with Crippen molar-refractivity contribution in [2.75, 3.05) is 5.32 Å². The van der Waals surface area contributed by atoms with Gasteiger partial charge in [0.05, 0.1) is 11.3 Å². The number of hydrogen-bond donors (Lipinski definition) is 1. The Bertz CT molecular complexity index is 579. The molecule has 2 rings (SSSR count). The molecule has 4 nitrogen and oxygen atoms in total. The minimum Gasteiger partial charge on any atom is -0.321 e. The van der Waals surface area contributed by atoms with Crippen LogP contribution >= 0.6 is 0 Å². The maximum absolute atomic E-state index is 12.2. The number of para-hydroxylation sites is 1. The van der Waals surface area contributed by atoms with Crippen molar-refractivity contribution in [1.29, 1.82) is 0 Å². The molecule has 0 unspecified atom stereocenters. The second-order valence-electron chi connectivity index (χ2n) is 4.52. The molecule has 1 heterocycles. The lowest BCUT2D eigenvalue weighted by molar-refractivity contribution is 0.102. The van der Waals surface area contributed by atoms with Gasteiger partial charge in [-0.3, -0.25) is 9.48 Å². The Morgan fingerprint density at radius 2 is 1.83 bits per heavy atom. The number of anilines is 1. The zero-order valence-corrected chi connectivity index (χ0v) is 11.1. The van der Waals surface area contributed by atoms with E-state index < -0.39 is 0 Å². The summed E-state index contributed by atoms with van der Waals surface area (Å²) in [6, 6.07) is 5.95. The molecule has 0 radical (unpaired) electrons. The zero-order chi connectivity index (χ0) is 13.3. The number of rotatable bonds is 2. The minimum absolute atomic E-state index is 0.113. The quantitative estimate of drug-likeness (QED) is 0.881. The number of nitrogens with one attached hydrogen (secondary N) is 1. The maximum Gasteiger partial charge on any atom is 0.259 e. The first kappa shape index (κ1) is 12.4. The monoisotopic (exact) mass is 243 g/mol. The third-order valence-electron chi connectivity index (χ3n) is 2.98. The summed E-state index contributed by atoms with van der Waals surface area (Å²) >= 11 is 0. The first-order valence-electron chi connectivity index (χ1n) is 5.87. The number of amides is 1. The summed E-state index contributed by atoms with van der Waals surface area (Å²) in [4.78, 5) is 12.2. The van der Waals surface area contributed by atoms with Gasteiger partial charge in [-0.1, -0.05) is 18.2 Å². The van der Waals surface area contributed by atoms with E-state index in [-0.39, 0.29) is 5.91 Å². The van der Waals surface area contributed by atoms with Gasteiger partial charge in [-0.25, -0.2) is 0 Å². The van der Waals surface area contributed by atoms with Crippen molar-refractivity contribution in [3.63, 3.8) is 0 Å². The summed E-state index contributed by atoms with van der Waals surface area (Å²) in [5.41, 5.74) is 4.35. The highest BCUT2D eigenvalue weighted by atomic mass is 16.1. The van der Waals surface area contributed by atoms with Crippen molar-refractivity contribution in [2.24, 2.45) is 7.05 Å². The van der Waals surface area contributed by atoms with E-state index in [9.17, 15) is 4.79 Å². The third kappa shape index (κ3) is 2.27. The average Bonchev–Trinajstić information content (AvgIpc) is 2.63. The number of carbonyl (C=O) groups excluding carboxylic acids is 1. The van der Waals surface area contributed by atoms with E-state index in [1.165, 1.54) is 0 Å². The van der Waals surface area contributed by atoms with E-state index >= 15 is 0 Å². The van der Waals surface area contributed by atoms with Crippen LogP contribution in [0.3, 0.4) is 0 Å². The van der Waals surface area contributed by atoms with E-state index in [2.05, 4.69) is 10.4 Å². The van der Waals surface area contributed by atoms with E-state index in [0.29, 0.717) is 5.56 Å². The normalized spacial score (nSPS) is 10.4. The summed E-state index contributed by atoms with van der Waals surface area (Å²) in [5.74, 6) is -0.113. The molecule has 94 valence electrons. The lowest BCUT2D eigenvalue weighted by atomic mass is 10.1. The van der Waals surface area contributed by atoms with E-state index in [1.54, 1.807) is 10.9 Å². The molecule has 0 saturated heterocycles. The van der Waals surface area contributed by atoms with E-state index in [4.69, 9.17) is 0 Å². The Labute approximate surface area is 107 Å². The van der Waals surface area contributed by atoms with Crippen LogP contribution in [0.4, 0.5) is 5.69 Å². The van der Waals surface area contributed by atoms with Gasteiger partial charge in [0.15, 0.2) is 0 Å². The molecule has 18 heavy (non-hydrogen) atoms. The first-order chi connectivity index (χ1) is 8.49. The smallest absolute Gasteiger partial charge is 0.259 e. The van der Waals surface area contributed by atoms with Crippen molar-refractivity contribution in [3.05, 3.63) is 46.8 Å². The average molecular weight is 243 g/mol. The predicted molar refractivity (Wildman–Crippen MR) is 71.8 cm³/mol. The molecule has 4 heteroatoms. The van der Waals surface area contributed by atoms with E-state index in [0.717, 1.165) is 22.5 Å². The van der Waals surface area contributed by atoms with Gasteiger partial charge in [0.1, 0.15) is 0 Å². The molecule has 0 atom stereocenters. The molecular weight excluding hydrogens is 226 g/mol. The summed E-state index contributed by atoms with van der Waals surface area (Å²) in [7, 11) is 1.81. The Morgan fingerprint density at radius 1 is 1.22 bits per heavy atom. The second kappa shape index (κ2) is 4.64. The third-order valence-corrected chi connectivity index (χ3v) is 2.98. The number of aryl methyl sites for hydroxylation is 4. The number of hydrogen-bond acceptors (Lipinski definition) is 2. The van der Waals surface area contributed by atoms with Crippen molar-refractivity contribution in [2.45, 2.75) is 20.8 Å². The number of nitrogens with zero attached hydrogens (tertiary/aromatic N) is 2. The number of carbonyl (C=O) groups is 1. The van der Waals surface area contributed by atoms with Crippen LogP contribution < -0.4 is 5.32 Å². The lowest BCUT2D eigenvalue weighted by Gasteiger charge is -2.10. The Balaban J connectivity index is 2.30. The molecule has 0 bridgehead atoms. The van der Waals surface area contributed by atoms with Crippen LogP contribution in [0.1, 0.15) is 27.2 Å². The molecular formula is C14H17N3O. The Hall–Kier alpha value is -2.10. The van der Waals surface area contributed by atoms with Crippen molar-refractivity contribution >= 4 is 11.6 Å². The highest BCUT2D eigenvalue weighted by molar-refractivity contribution is 6.05. The summed E-state index contributed by atoms with van der Waals surface area (Å²) in [6.07, 6.45) is 1.73. The van der Waals surface area contributed by atoms with Crippen molar-refractivity contribution in [1.82, 2.24) is 9.78 Å². The van der Waals surface area contributed by atoms with Crippen LogP contribution in [0.5, 0.6) is 0 Å². The standard InChI is InChI=1S/C14H17N3O/c1-9-6-5-7-10(2)13(9)15-14(18)12-8-17(4)16-11(12)3/h5-8H,1-4H3,(H,15,18). The molecule has 0 saturated carbocycles. The second-order valence-corrected chi connectivity index (χ2v) is 4.52. The molecule has 1 aromatic heterocycles. The molecule has 1 N–H and O–H groups in total. The van der Waals surface area contributed by atoms with Gasteiger partial charge in [0, 0.05) is 18.9 Å². The number of benzene rings is 1. The van der Waals surface area contributed by atoms with Crippen LogP contribution in [0.15, 0.2) is 24.4 Å². The van der Waals surface area contributed by atoms with Gasteiger partial charge in [-0.15, -0.1) is 0 Å². The minimum atomic E-state index is -0.113. The fourth-order valence-corrected chi connectivity index (χ4v) is 2.02. The first-order valence-corrected chi connectivity index (χ1v) is 5.87. The number of aromatic nitrogens is 2. The topological polar surface area (TPSA) is 46.9 Å². The van der Waals surface area contributed by atoms with Crippen LogP contribution in [-0.4, -0.2) is 15.7 Å². The van der Waals surface area contributed by atoms with Gasteiger partial charge < -0.3 is 5.32 Å². The molecule has 1 amide bonds. The molecule has 1 aromatic carbocycles. The highest BCUT2D eigenvalue weighted by Gasteiger charge is 2.14. The molecule has 0 aliphatic heterocycles. The molecule has 0 spiro atoms. The van der Waals surface area contributed by atoms with Crippen molar-refractivity contribution < 1.29 is 4.79 Å². The fourth-order valence-electron chi connectivity index (χ4n) is 2.02. The summed E-state index contributed by atoms with van der Waals surface area (Å²) in [6.45, 7) is 5.80. The molecule has 0 aliphatic rings. The molecule has 0 fully saturated rings. The van der Waals surface area contributed by atoms with Crippen LogP contribution in [0.25, 0.3) is 0 Å². The predicted octanol–water partition coefficient (Wildman–Crippen LogP) is 2.60.